The predicted molar refractivity (Wildman–Crippen MR) is 79.6 cm³/mol. The first-order chi connectivity index (χ1) is 8.43. The maximum Gasteiger partial charge on any atom is 0.199 e. The van der Waals surface area contributed by atoms with Crippen LogP contribution in [0, 0.1) is 0 Å². The van der Waals surface area contributed by atoms with E-state index in [-0.39, 0.29) is 16.7 Å². The van der Waals surface area contributed by atoms with Gasteiger partial charge in [-0.15, -0.1) is 36.6 Å². The van der Waals surface area contributed by atoms with Crippen molar-refractivity contribution < 1.29 is 9.59 Å². The molecule has 1 aromatic carbocycles. The second kappa shape index (κ2) is 5.03. The third-order valence-electron chi connectivity index (χ3n) is 2.74. The average Bonchev–Trinajstić information content (AvgIpc) is 2.71. The Morgan fingerprint density at radius 2 is 2.00 bits per heavy atom. The van der Waals surface area contributed by atoms with Gasteiger partial charge in [0.2, 0.25) is 0 Å². The van der Waals surface area contributed by atoms with Gasteiger partial charge < -0.3 is 0 Å². The molecule has 0 N–H and O–H groups in total. The van der Waals surface area contributed by atoms with Gasteiger partial charge in [-0.1, -0.05) is 12.1 Å². The molecule has 0 saturated heterocycles. The minimum Gasteiger partial charge on any atom is -0.287 e. The molecule has 0 aliphatic rings. The van der Waals surface area contributed by atoms with Crippen LogP contribution < -0.4 is 0 Å². The van der Waals surface area contributed by atoms with Gasteiger partial charge >= 0.3 is 0 Å². The molecule has 0 aliphatic heterocycles. The number of thiazole rings is 1. The van der Waals surface area contributed by atoms with Gasteiger partial charge in [-0.05, 0) is 19.1 Å². The van der Waals surface area contributed by atoms with Crippen LogP contribution in [0.1, 0.15) is 18.4 Å². The van der Waals surface area contributed by atoms with Crippen LogP contribution in [0.3, 0.4) is 0 Å². The molecule has 0 radical (unpaired) electrons. The Bertz CT molecular complexity index is 590. The summed E-state index contributed by atoms with van der Waals surface area (Å²) >= 11 is 9.05. The van der Waals surface area contributed by atoms with Gasteiger partial charge in [0.25, 0.3) is 0 Å². The van der Waals surface area contributed by atoms with Crippen molar-refractivity contribution in [3.8, 4) is 0 Å². The van der Waals surface area contributed by atoms with E-state index in [1.165, 1.54) is 11.3 Å². The fourth-order valence-electron chi connectivity index (χ4n) is 1.65. The normalized spacial score (nSPS) is 14.4. The molecule has 0 spiro atoms. The molecule has 0 saturated carbocycles. The van der Waals surface area contributed by atoms with E-state index in [2.05, 4.69) is 30.2 Å². The van der Waals surface area contributed by atoms with Crippen LogP contribution in [0.4, 0.5) is 0 Å². The van der Waals surface area contributed by atoms with Gasteiger partial charge in [-0.2, -0.15) is 0 Å². The highest BCUT2D eigenvalue weighted by molar-refractivity contribution is 7.97. The van der Waals surface area contributed by atoms with E-state index < -0.39 is 5.41 Å². The molecule has 6 heteroatoms. The smallest absolute Gasteiger partial charge is 0.199 e. The summed E-state index contributed by atoms with van der Waals surface area (Å²) in [4.78, 5) is 27.4. The van der Waals surface area contributed by atoms with E-state index in [0.717, 1.165) is 10.2 Å². The number of fused-ring (bicyclic) bond motifs is 1. The van der Waals surface area contributed by atoms with Crippen molar-refractivity contribution in [2.45, 2.75) is 18.8 Å². The average molecular weight is 297 g/mol. The molecular weight excluding hydrogens is 286 g/mol. The number of benzene rings is 1. The molecule has 18 heavy (non-hydrogen) atoms. The molecule has 0 fully saturated rings. The molecule has 0 aliphatic carbocycles. The van der Waals surface area contributed by atoms with Crippen LogP contribution >= 0.6 is 36.6 Å². The Hall–Kier alpha value is -0.850. The number of rotatable bonds is 4. The van der Waals surface area contributed by atoms with Gasteiger partial charge in [-0.25, -0.2) is 4.98 Å². The Labute approximate surface area is 119 Å². The van der Waals surface area contributed by atoms with Crippen molar-refractivity contribution in [3.05, 3.63) is 29.3 Å². The number of hydrogen-bond acceptors (Lipinski definition) is 4. The molecule has 94 valence electrons. The third-order valence-corrected chi connectivity index (χ3v) is 4.69. The molecule has 2 aromatic rings. The molecule has 3 nitrogen and oxygen atoms in total. The summed E-state index contributed by atoms with van der Waals surface area (Å²) in [6, 6.07) is 7.60. The van der Waals surface area contributed by atoms with Crippen LogP contribution in [0.2, 0.25) is 0 Å². The summed E-state index contributed by atoms with van der Waals surface area (Å²) in [6.07, 6.45) is -0.00172. The molecule has 0 bridgehead atoms. The maximum absolute atomic E-state index is 11.7. The van der Waals surface area contributed by atoms with Gasteiger partial charge in [0.05, 0.1) is 15.6 Å². The molecule has 2 rings (SSSR count). The Morgan fingerprint density at radius 1 is 1.33 bits per heavy atom. The number of aromatic nitrogens is 1. The largest absolute Gasteiger partial charge is 0.287 e. The second-order valence-electron chi connectivity index (χ2n) is 4.19. The SMILES string of the molecule is CC(CC(=O)S)(C(=O)S)c1nc2ccccc2s1. The van der Waals surface area contributed by atoms with E-state index >= 15 is 0 Å². The van der Waals surface area contributed by atoms with Crippen molar-refractivity contribution >= 4 is 57.0 Å². The van der Waals surface area contributed by atoms with Crippen LogP contribution in [0.5, 0.6) is 0 Å². The molecule has 1 atom stereocenters. The lowest BCUT2D eigenvalue weighted by atomic mass is 9.89. The number of thiol groups is 2. The molecule has 0 amide bonds. The van der Waals surface area contributed by atoms with Crippen molar-refractivity contribution in [2.75, 3.05) is 0 Å². The van der Waals surface area contributed by atoms with E-state index in [1.807, 2.05) is 24.3 Å². The number of nitrogens with zero attached hydrogens (tertiary/aromatic N) is 1. The first kappa shape index (κ1) is 13.6. The van der Waals surface area contributed by atoms with Crippen molar-refractivity contribution in [1.29, 1.82) is 0 Å². The molecular formula is C12H11NO2S3. The maximum atomic E-state index is 11.7. The Kier molecular flexibility index (Phi) is 3.79. The van der Waals surface area contributed by atoms with Crippen molar-refractivity contribution in [1.82, 2.24) is 4.98 Å². The Morgan fingerprint density at radius 3 is 2.56 bits per heavy atom. The van der Waals surface area contributed by atoms with E-state index in [1.54, 1.807) is 6.92 Å². The zero-order valence-electron chi connectivity index (χ0n) is 9.58. The molecule has 1 unspecified atom stereocenters. The monoisotopic (exact) mass is 297 g/mol. The highest BCUT2D eigenvalue weighted by Crippen LogP contribution is 2.36. The fraction of sp³-hybridized carbons (Fsp3) is 0.250. The molecule has 1 heterocycles. The highest BCUT2D eigenvalue weighted by atomic mass is 32.1. The lowest BCUT2D eigenvalue weighted by Gasteiger charge is -2.21. The van der Waals surface area contributed by atoms with Gasteiger partial charge in [0.15, 0.2) is 10.2 Å². The van der Waals surface area contributed by atoms with Crippen LogP contribution in [0.15, 0.2) is 24.3 Å². The summed E-state index contributed by atoms with van der Waals surface area (Å²) in [6.45, 7) is 1.67. The van der Waals surface area contributed by atoms with E-state index in [0.29, 0.717) is 5.01 Å². The zero-order valence-corrected chi connectivity index (χ0v) is 12.2. The summed E-state index contributed by atoms with van der Waals surface area (Å²) in [5.74, 6) is 0. The topological polar surface area (TPSA) is 47.0 Å². The third kappa shape index (κ3) is 2.46. The fourth-order valence-corrected chi connectivity index (χ4v) is 3.34. The number of para-hydroxylation sites is 1. The Balaban J connectivity index is 2.54. The lowest BCUT2D eigenvalue weighted by Crippen LogP contribution is -2.31. The number of hydrogen-bond donors (Lipinski definition) is 2. The first-order valence-electron chi connectivity index (χ1n) is 5.25. The van der Waals surface area contributed by atoms with Crippen LogP contribution in [0.25, 0.3) is 10.2 Å². The first-order valence-corrected chi connectivity index (χ1v) is 6.96. The van der Waals surface area contributed by atoms with Crippen LogP contribution in [-0.2, 0) is 15.0 Å². The minimum atomic E-state index is -1.01. The summed E-state index contributed by atoms with van der Waals surface area (Å²) in [5, 5.41) is -0.116. The number of carbonyl (C=O) groups is 2. The zero-order chi connectivity index (χ0) is 13.3. The molecule has 1 aromatic heterocycles. The summed E-state index contributed by atoms with van der Waals surface area (Å²) in [7, 11) is 0. The standard InChI is InChI=1S/C12H11NO2S3/c1-12(11(15)17,6-9(14)16)10-13-7-4-2-3-5-8(7)18-10/h2-5H,6H2,1H3,(H,14,16)(H,15,17). The number of carbonyl (C=O) groups excluding carboxylic acids is 2. The van der Waals surface area contributed by atoms with Gasteiger partial charge in [0, 0.05) is 6.42 Å². The quantitative estimate of drug-likeness (QED) is 0.853. The van der Waals surface area contributed by atoms with Gasteiger partial charge in [-0.3, -0.25) is 9.59 Å². The lowest BCUT2D eigenvalue weighted by molar-refractivity contribution is -0.119. The van der Waals surface area contributed by atoms with Crippen LogP contribution in [-0.4, -0.2) is 15.2 Å². The van der Waals surface area contributed by atoms with Crippen molar-refractivity contribution in [2.24, 2.45) is 0 Å². The second-order valence-corrected chi connectivity index (χ2v) is 6.13. The highest BCUT2D eigenvalue weighted by Gasteiger charge is 2.37. The minimum absolute atomic E-state index is 0.00172. The van der Waals surface area contributed by atoms with E-state index in [9.17, 15) is 9.59 Å². The summed E-state index contributed by atoms with van der Waals surface area (Å²) in [5.41, 5.74) is -0.184. The van der Waals surface area contributed by atoms with E-state index in [4.69, 9.17) is 0 Å². The predicted octanol–water partition coefficient (Wildman–Crippen LogP) is 2.86. The van der Waals surface area contributed by atoms with Gasteiger partial charge in [0.1, 0.15) is 5.01 Å². The summed E-state index contributed by atoms with van der Waals surface area (Å²) < 4.78 is 0.986. The van der Waals surface area contributed by atoms with Crippen molar-refractivity contribution in [3.63, 3.8) is 0 Å².